The van der Waals surface area contributed by atoms with Crippen molar-refractivity contribution in [3.63, 3.8) is 0 Å². The third kappa shape index (κ3) is 3.40. The van der Waals surface area contributed by atoms with E-state index in [4.69, 9.17) is 27.9 Å². The maximum atomic E-state index is 9.36. The number of imidazole rings is 1. The van der Waals surface area contributed by atoms with Gasteiger partial charge in [0.15, 0.2) is 0 Å². The molecule has 1 aliphatic carbocycles. The predicted molar refractivity (Wildman–Crippen MR) is 102 cm³/mol. The molecule has 4 rings (SSSR count). The van der Waals surface area contributed by atoms with Crippen molar-refractivity contribution in [3.05, 3.63) is 64.0 Å². The highest BCUT2D eigenvalue weighted by atomic mass is 35.5. The van der Waals surface area contributed by atoms with Crippen LogP contribution in [0.4, 0.5) is 0 Å². The van der Waals surface area contributed by atoms with Crippen LogP contribution in [0.3, 0.4) is 0 Å². The largest absolute Gasteiger partial charge is 0.489 e. The molecule has 0 amide bonds. The summed E-state index contributed by atoms with van der Waals surface area (Å²) in [5.41, 5.74) is 2.77. The Morgan fingerprint density at radius 2 is 2.08 bits per heavy atom. The number of benzene rings is 1. The number of nitrogens with zero attached hydrogens (tertiary/aromatic N) is 2. The normalized spacial score (nSPS) is 19.5. The van der Waals surface area contributed by atoms with Gasteiger partial charge in [-0.1, -0.05) is 35.3 Å². The smallest absolute Gasteiger partial charge is 0.141 e. The molecular weight excluding hydrogens is 373 g/mol. The number of halogens is 2. The Kier molecular flexibility index (Phi) is 5.05. The molecule has 7 heteroatoms. The van der Waals surface area contributed by atoms with Crippen molar-refractivity contribution < 1.29 is 9.84 Å². The molecule has 0 unspecified atom stereocenters. The Morgan fingerprint density at radius 1 is 1.23 bits per heavy atom. The fourth-order valence-electron chi connectivity index (χ4n) is 3.21. The second-order valence-electron chi connectivity index (χ2n) is 6.48. The predicted octanol–water partition coefficient (Wildman–Crippen LogP) is 3.83. The summed E-state index contributed by atoms with van der Waals surface area (Å²) in [5.74, 6) is 0.640. The molecule has 0 bridgehead atoms. The van der Waals surface area contributed by atoms with Crippen molar-refractivity contribution >= 4 is 28.8 Å². The van der Waals surface area contributed by atoms with Gasteiger partial charge in [0.25, 0.3) is 0 Å². The van der Waals surface area contributed by atoms with Crippen molar-refractivity contribution in [1.82, 2.24) is 14.7 Å². The van der Waals surface area contributed by atoms with Crippen LogP contribution in [0.5, 0.6) is 5.75 Å². The van der Waals surface area contributed by atoms with Crippen molar-refractivity contribution in [2.24, 2.45) is 0 Å². The summed E-state index contributed by atoms with van der Waals surface area (Å²) in [4.78, 5) is 4.41. The lowest BCUT2D eigenvalue weighted by Gasteiger charge is -2.36. The summed E-state index contributed by atoms with van der Waals surface area (Å²) in [6, 6.07) is 9.84. The summed E-state index contributed by atoms with van der Waals surface area (Å²) in [5, 5.41) is 13.9. The first-order valence-electron chi connectivity index (χ1n) is 8.54. The maximum absolute atomic E-state index is 9.36. The lowest BCUT2D eigenvalue weighted by Crippen LogP contribution is -2.46. The highest BCUT2D eigenvalue weighted by Gasteiger charge is 2.31. The molecule has 3 aromatic rings. The monoisotopic (exact) mass is 391 g/mol. The topological polar surface area (TPSA) is 58.8 Å². The first kappa shape index (κ1) is 17.6. The minimum atomic E-state index is -0.0221. The summed E-state index contributed by atoms with van der Waals surface area (Å²) >= 11 is 12.2. The standard InChI is InChI=1S/C19H19Cl2N3O2/c20-16-4-1-5-17(18(16)21)26-15-7-13(8-15)22-9-12-3-2-6-24-14(11-25)10-23-19(12)24/h1-6,10,13,15,22,25H,7-9,11H2/t13-,15-. The van der Waals surface area contributed by atoms with Crippen LogP contribution in [0.2, 0.25) is 10.0 Å². The van der Waals surface area contributed by atoms with E-state index in [0.717, 1.165) is 36.3 Å². The fraction of sp³-hybridized carbons (Fsp3) is 0.316. The third-order valence-corrected chi connectivity index (χ3v) is 5.54. The van der Waals surface area contributed by atoms with Crippen molar-refractivity contribution in [1.29, 1.82) is 0 Å². The molecule has 2 N–H and O–H groups in total. The van der Waals surface area contributed by atoms with Gasteiger partial charge in [-0.2, -0.15) is 0 Å². The fourth-order valence-corrected chi connectivity index (χ4v) is 3.55. The quantitative estimate of drug-likeness (QED) is 0.670. The van der Waals surface area contributed by atoms with Crippen LogP contribution in [0.15, 0.2) is 42.7 Å². The molecule has 2 aromatic heterocycles. The van der Waals surface area contributed by atoms with Gasteiger partial charge in [0.05, 0.1) is 23.5 Å². The number of aliphatic hydroxyl groups is 1. The molecule has 5 nitrogen and oxygen atoms in total. The Balaban J connectivity index is 1.32. The van der Waals surface area contributed by atoms with E-state index in [1.165, 1.54) is 0 Å². The van der Waals surface area contributed by atoms with Gasteiger partial charge in [0.2, 0.25) is 0 Å². The third-order valence-electron chi connectivity index (χ3n) is 4.74. The van der Waals surface area contributed by atoms with Crippen LogP contribution in [0, 0.1) is 0 Å². The van der Waals surface area contributed by atoms with E-state index >= 15 is 0 Å². The zero-order valence-corrected chi connectivity index (χ0v) is 15.5. The number of fused-ring (bicyclic) bond motifs is 1. The number of hydrogen-bond acceptors (Lipinski definition) is 4. The molecule has 1 aromatic carbocycles. The van der Waals surface area contributed by atoms with Crippen LogP contribution in [-0.4, -0.2) is 26.6 Å². The zero-order valence-electron chi connectivity index (χ0n) is 14.0. The Bertz CT molecular complexity index is 922. The Hall–Kier alpha value is -1.79. The summed E-state index contributed by atoms with van der Waals surface area (Å²) < 4.78 is 7.85. The van der Waals surface area contributed by atoms with E-state index in [2.05, 4.69) is 16.4 Å². The molecule has 0 aliphatic heterocycles. The van der Waals surface area contributed by atoms with Crippen molar-refractivity contribution in [3.8, 4) is 5.75 Å². The van der Waals surface area contributed by atoms with Crippen molar-refractivity contribution in [2.45, 2.75) is 38.1 Å². The van der Waals surface area contributed by atoms with Crippen LogP contribution in [0.1, 0.15) is 24.1 Å². The number of aliphatic hydroxyl groups excluding tert-OH is 1. The van der Waals surface area contributed by atoms with E-state index in [1.54, 1.807) is 12.3 Å². The summed E-state index contributed by atoms with van der Waals surface area (Å²) in [6.45, 7) is 0.702. The number of pyridine rings is 1. The molecule has 1 saturated carbocycles. The van der Waals surface area contributed by atoms with Gasteiger partial charge in [-0.15, -0.1) is 0 Å². The first-order chi connectivity index (χ1) is 12.7. The lowest BCUT2D eigenvalue weighted by molar-refractivity contribution is 0.0844. The van der Waals surface area contributed by atoms with Gasteiger partial charge in [-0.3, -0.25) is 0 Å². The number of ether oxygens (including phenoxy) is 1. The molecule has 0 saturated heterocycles. The maximum Gasteiger partial charge on any atom is 0.141 e. The van der Waals surface area contributed by atoms with Crippen LogP contribution in [-0.2, 0) is 13.2 Å². The first-order valence-corrected chi connectivity index (χ1v) is 9.30. The van der Waals surface area contributed by atoms with Crippen LogP contribution >= 0.6 is 23.2 Å². The zero-order chi connectivity index (χ0) is 18.1. The van der Waals surface area contributed by atoms with E-state index in [0.29, 0.717) is 21.8 Å². The molecule has 1 aliphatic rings. The Labute approximate surface area is 161 Å². The van der Waals surface area contributed by atoms with E-state index < -0.39 is 0 Å². The van der Waals surface area contributed by atoms with Gasteiger partial charge in [0, 0.05) is 24.3 Å². The van der Waals surface area contributed by atoms with E-state index in [-0.39, 0.29) is 12.7 Å². The highest BCUT2D eigenvalue weighted by Crippen LogP contribution is 2.35. The molecule has 26 heavy (non-hydrogen) atoms. The molecule has 2 heterocycles. The number of aromatic nitrogens is 2. The minimum absolute atomic E-state index is 0.0221. The number of nitrogens with one attached hydrogen (secondary N) is 1. The number of rotatable bonds is 6. The average molecular weight is 392 g/mol. The second kappa shape index (κ2) is 7.45. The molecular formula is C19H19Cl2N3O2. The van der Waals surface area contributed by atoms with Gasteiger partial charge >= 0.3 is 0 Å². The molecule has 136 valence electrons. The van der Waals surface area contributed by atoms with Gasteiger partial charge in [-0.05, 0) is 31.0 Å². The van der Waals surface area contributed by atoms with Crippen LogP contribution < -0.4 is 10.1 Å². The van der Waals surface area contributed by atoms with Crippen LogP contribution in [0.25, 0.3) is 5.65 Å². The molecule has 1 fully saturated rings. The molecule has 0 spiro atoms. The van der Waals surface area contributed by atoms with E-state index in [1.807, 2.05) is 28.8 Å². The van der Waals surface area contributed by atoms with Gasteiger partial charge in [-0.25, -0.2) is 4.98 Å². The average Bonchev–Trinajstić information content (AvgIpc) is 3.04. The van der Waals surface area contributed by atoms with Crippen molar-refractivity contribution in [2.75, 3.05) is 0 Å². The summed E-state index contributed by atoms with van der Waals surface area (Å²) in [7, 11) is 0. The highest BCUT2D eigenvalue weighted by molar-refractivity contribution is 6.42. The summed E-state index contributed by atoms with van der Waals surface area (Å²) in [6.07, 6.45) is 5.61. The molecule has 0 atom stereocenters. The SMILES string of the molecule is OCc1cnc2c(CN[C@H]3C[C@H](Oc4cccc(Cl)c4Cl)C3)cccn12. The second-order valence-corrected chi connectivity index (χ2v) is 7.26. The van der Waals surface area contributed by atoms with E-state index in [9.17, 15) is 5.11 Å². The Morgan fingerprint density at radius 3 is 2.88 bits per heavy atom. The lowest BCUT2D eigenvalue weighted by atomic mass is 9.89. The van der Waals surface area contributed by atoms with Gasteiger partial charge in [0.1, 0.15) is 22.5 Å². The van der Waals surface area contributed by atoms with Gasteiger partial charge < -0.3 is 19.6 Å². The number of hydrogen-bond donors (Lipinski definition) is 2. The minimum Gasteiger partial charge on any atom is -0.489 e. The molecule has 0 radical (unpaired) electrons.